The number of epoxide rings is 1. The summed E-state index contributed by atoms with van der Waals surface area (Å²) in [6.45, 7) is 2.47. The van der Waals surface area contributed by atoms with E-state index in [1.807, 2.05) is 30.3 Å². The Morgan fingerprint density at radius 1 is 1.19 bits per heavy atom. The lowest BCUT2D eigenvalue weighted by molar-refractivity contribution is -0.145. The second-order valence-corrected chi connectivity index (χ2v) is 7.90. The molecule has 27 heavy (non-hydrogen) atoms. The molecular weight excluding hydrogens is 340 g/mol. The third-order valence-electron chi connectivity index (χ3n) is 5.88. The van der Waals surface area contributed by atoms with Gasteiger partial charge in [-0.25, -0.2) is 0 Å². The van der Waals surface area contributed by atoms with Gasteiger partial charge in [-0.1, -0.05) is 48.0 Å². The highest BCUT2D eigenvalue weighted by atomic mass is 16.6. The maximum atomic E-state index is 12.0. The van der Waals surface area contributed by atoms with E-state index in [0.717, 1.165) is 30.6 Å². The molecular formula is C23H24O4. The van der Waals surface area contributed by atoms with Gasteiger partial charge in [0.2, 0.25) is 0 Å². The minimum Gasteiger partial charge on any atom is -0.489 e. The molecule has 0 amide bonds. The maximum absolute atomic E-state index is 12.0. The smallest absolute Gasteiger partial charge is 0.306 e. The maximum Gasteiger partial charge on any atom is 0.306 e. The van der Waals surface area contributed by atoms with E-state index in [4.69, 9.17) is 14.2 Å². The van der Waals surface area contributed by atoms with Crippen LogP contribution in [0.1, 0.15) is 47.4 Å². The summed E-state index contributed by atoms with van der Waals surface area (Å²) in [5, 5.41) is 0. The zero-order valence-electron chi connectivity index (χ0n) is 15.5. The van der Waals surface area contributed by atoms with E-state index in [1.165, 1.54) is 16.7 Å². The van der Waals surface area contributed by atoms with Gasteiger partial charge in [-0.15, -0.1) is 0 Å². The van der Waals surface area contributed by atoms with Gasteiger partial charge in [-0.05, 0) is 30.9 Å². The highest BCUT2D eigenvalue weighted by molar-refractivity contribution is 5.69. The van der Waals surface area contributed by atoms with Crippen LogP contribution in [-0.2, 0) is 27.3 Å². The number of hydrogen-bond acceptors (Lipinski definition) is 4. The number of fused-ring (bicyclic) bond motifs is 5. The van der Waals surface area contributed by atoms with Gasteiger partial charge < -0.3 is 14.2 Å². The summed E-state index contributed by atoms with van der Waals surface area (Å²) in [6.07, 6.45) is 4.09. The second kappa shape index (κ2) is 6.68. The van der Waals surface area contributed by atoms with Crippen LogP contribution in [0.25, 0.3) is 0 Å². The molecule has 4 nitrogen and oxygen atoms in total. The summed E-state index contributed by atoms with van der Waals surface area (Å²) >= 11 is 0. The lowest BCUT2D eigenvalue weighted by Crippen LogP contribution is -2.17. The quantitative estimate of drug-likeness (QED) is 0.572. The monoisotopic (exact) mass is 364 g/mol. The van der Waals surface area contributed by atoms with E-state index in [2.05, 4.69) is 19.1 Å². The van der Waals surface area contributed by atoms with Gasteiger partial charge >= 0.3 is 5.97 Å². The Balaban J connectivity index is 1.19. The Hall–Kier alpha value is -2.33. The van der Waals surface area contributed by atoms with Crippen LogP contribution in [0.2, 0.25) is 0 Å². The van der Waals surface area contributed by atoms with E-state index in [-0.39, 0.29) is 12.1 Å². The van der Waals surface area contributed by atoms with Crippen molar-refractivity contribution in [2.24, 2.45) is 0 Å². The van der Waals surface area contributed by atoms with Crippen molar-refractivity contribution in [3.05, 3.63) is 64.7 Å². The van der Waals surface area contributed by atoms with Crippen molar-refractivity contribution in [3.63, 3.8) is 0 Å². The van der Waals surface area contributed by atoms with Gasteiger partial charge in [0, 0.05) is 18.4 Å². The van der Waals surface area contributed by atoms with Crippen LogP contribution in [0.4, 0.5) is 0 Å². The first kappa shape index (κ1) is 16.8. The van der Waals surface area contributed by atoms with Crippen LogP contribution in [0.3, 0.4) is 0 Å². The van der Waals surface area contributed by atoms with Crippen LogP contribution in [0.15, 0.2) is 42.5 Å². The molecule has 2 aliphatic heterocycles. The first-order valence-corrected chi connectivity index (χ1v) is 9.84. The third-order valence-corrected chi connectivity index (χ3v) is 5.88. The fraction of sp³-hybridized carbons (Fsp3) is 0.435. The van der Waals surface area contributed by atoms with E-state index in [1.54, 1.807) is 0 Å². The van der Waals surface area contributed by atoms with Crippen molar-refractivity contribution < 1.29 is 19.0 Å². The van der Waals surface area contributed by atoms with Crippen molar-refractivity contribution >= 4 is 5.97 Å². The fourth-order valence-electron chi connectivity index (χ4n) is 4.59. The molecule has 2 aromatic rings. The molecule has 4 atom stereocenters. The fourth-order valence-corrected chi connectivity index (χ4v) is 4.59. The number of ether oxygens (including phenoxy) is 3. The summed E-state index contributed by atoms with van der Waals surface area (Å²) in [5.74, 6) is 1.30. The Labute approximate surface area is 159 Å². The summed E-state index contributed by atoms with van der Waals surface area (Å²) < 4.78 is 17.4. The molecule has 0 N–H and O–H groups in total. The van der Waals surface area contributed by atoms with E-state index in [0.29, 0.717) is 31.2 Å². The lowest BCUT2D eigenvalue weighted by atomic mass is 9.92. The molecule has 0 bridgehead atoms. The molecule has 1 saturated carbocycles. The van der Waals surface area contributed by atoms with Crippen LogP contribution in [0.5, 0.6) is 5.75 Å². The minimum atomic E-state index is -0.143. The Kier molecular flexibility index (Phi) is 4.16. The Bertz CT molecular complexity index is 860. The Morgan fingerprint density at radius 2 is 2.04 bits per heavy atom. The van der Waals surface area contributed by atoms with Crippen LogP contribution in [-0.4, -0.2) is 24.3 Å². The molecule has 4 heteroatoms. The third kappa shape index (κ3) is 3.23. The number of hydrogen-bond donors (Lipinski definition) is 0. The highest BCUT2D eigenvalue weighted by Crippen LogP contribution is 2.56. The molecule has 2 aromatic carbocycles. The summed E-state index contributed by atoms with van der Waals surface area (Å²) in [7, 11) is 0. The SMILES string of the molecule is Cc1cc(CCCC(=O)OCc2ccccc2)c2c(c1)C1C(C[C@H]3O[C@@H]13)O2. The minimum absolute atomic E-state index is 0.143. The largest absolute Gasteiger partial charge is 0.489 e. The summed E-state index contributed by atoms with van der Waals surface area (Å²) in [5.41, 5.74) is 4.80. The zero-order valence-corrected chi connectivity index (χ0v) is 15.5. The predicted octanol–water partition coefficient (Wildman–Crippen LogP) is 4.08. The Morgan fingerprint density at radius 3 is 2.89 bits per heavy atom. The van der Waals surface area contributed by atoms with Gasteiger partial charge in [0.15, 0.2) is 0 Å². The van der Waals surface area contributed by atoms with Crippen molar-refractivity contribution in [1.82, 2.24) is 0 Å². The average molecular weight is 364 g/mol. The number of carbonyl (C=O) groups excluding carboxylic acids is 1. The topological polar surface area (TPSA) is 48.1 Å². The first-order chi connectivity index (χ1) is 13.2. The molecule has 2 unspecified atom stereocenters. The van der Waals surface area contributed by atoms with Crippen molar-refractivity contribution in [1.29, 1.82) is 0 Å². The predicted molar refractivity (Wildman–Crippen MR) is 101 cm³/mol. The second-order valence-electron chi connectivity index (χ2n) is 7.90. The summed E-state index contributed by atoms with van der Waals surface area (Å²) in [6, 6.07) is 14.2. The molecule has 2 heterocycles. The number of aryl methyl sites for hydroxylation is 2. The van der Waals surface area contributed by atoms with E-state index in [9.17, 15) is 4.79 Å². The molecule has 1 aliphatic carbocycles. The van der Waals surface area contributed by atoms with Crippen LogP contribution < -0.4 is 4.74 Å². The molecule has 5 rings (SSSR count). The van der Waals surface area contributed by atoms with Gasteiger partial charge in [-0.3, -0.25) is 4.79 Å². The highest BCUT2D eigenvalue weighted by Gasteiger charge is 2.60. The van der Waals surface area contributed by atoms with E-state index >= 15 is 0 Å². The zero-order chi connectivity index (χ0) is 18.4. The molecule has 0 aromatic heterocycles. The normalized spacial score (nSPS) is 26.7. The van der Waals surface area contributed by atoms with Crippen molar-refractivity contribution in [3.8, 4) is 5.75 Å². The molecule has 0 radical (unpaired) electrons. The standard InChI is InChI=1S/C23H24O4/c1-14-10-16(8-5-9-20(24)25-13-15-6-3-2-4-7-15)22-17(11-14)21-18(26-22)12-19-23(21)27-19/h2-4,6-7,10-11,18-19,21,23H,5,8-9,12-13H2,1H3/t18?,19-,21?,23-/m1/s1. The average Bonchev–Trinajstić information content (AvgIpc) is 3.18. The summed E-state index contributed by atoms with van der Waals surface area (Å²) in [4.78, 5) is 12.0. The van der Waals surface area contributed by atoms with Gasteiger partial charge in [0.05, 0.1) is 18.1 Å². The number of esters is 1. The van der Waals surface area contributed by atoms with Crippen LogP contribution >= 0.6 is 0 Å². The molecule has 2 fully saturated rings. The van der Waals surface area contributed by atoms with Crippen molar-refractivity contribution in [2.75, 3.05) is 0 Å². The van der Waals surface area contributed by atoms with E-state index < -0.39 is 0 Å². The number of rotatable bonds is 6. The molecule has 0 spiro atoms. The van der Waals surface area contributed by atoms with Gasteiger partial charge in [0.25, 0.3) is 0 Å². The molecule has 140 valence electrons. The number of carbonyl (C=O) groups is 1. The van der Waals surface area contributed by atoms with Crippen LogP contribution in [0, 0.1) is 6.92 Å². The molecule has 3 aliphatic rings. The van der Waals surface area contributed by atoms with Gasteiger partial charge in [-0.2, -0.15) is 0 Å². The van der Waals surface area contributed by atoms with Crippen molar-refractivity contribution in [2.45, 2.75) is 63.4 Å². The number of benzene rings is 2. The molecule has 1 saturated heterocycles. The first-order valence-electron chi connectivity index (χ1n) is 9.84. The lowest BCUT2D eigenvalue weighted by Gasteiger charge is -2.12. The van der Waals surface area contributed by atoms with Gasteiger partial charge in [0.1, 0.15) is 18.5 Å².